The van der Waals surface area contributed by atoms with Gasteiger partial charge in [0.05, 0.1) is 10.5 Å². The lowest BCUT2D eigenvalue weighted by Crippen LogP contribution is -2.62. The third kappa shape index (κ3) is 4.16. The van der Waals surface area contributed by atoms with Crippen molar-refractivity contribution in [2.24, 2.45) is 0 Å². The van der Waals surface area contributed by atoms with E-state index in [0.29, 0.717) is 12.2 Å². The number of hydroxylamine groups is 1. The first-order chi connectivity index (χ1) is 12.2. The van der Waals surface area contributed by atoms with Crippen LogP contribution in [-0.4, -0.2) is 53.7 Å². The molecule has 2 rings (SSSR count). The average Bonchev–Trinajstić information content (AvgIpc) is 2.61. The van der Waals surface area contributed by atoms with Crippen molar-refractivity contribution in [3.05, 3.63) is 24.3 Å². The summed E-state index contributed by atoms with van der Waals surface area (Å²) in [5, 5.41) is 19.4. The van der Waals surface area contributed by atoms with Gasteiger partial charge in [0.1, 0.15) is 18.4 Å². The van der Waals surface area contributed by atoms with E-state index in [9.17, 15) is 18.3 Å². The summed E-state index contributed by atoms with van der Waals surface area (Å²) in [6.45, 7) is 3.31. The number of benzene rings is 1. The summed E-state index contributed by atoms with van der Waals surface area (Å²) >= 11 is 0. The van der Waals surface area contributed by atoms with Gasteiger partial charge < -0.3 is 9.84 Å². The van der Waals surface area contributed by atoms with Gasteiger partial charge in [0, 0.05) is 6.54 Å². The second-order valence-corrected chi connectivity index (χ2v) is 8.03. The fourth-order valence-corrected chi connectivity index (χ4v) is 4.66. The molecule has 2 unspecified atom stereocenters. The SMILES string of the molecule is CC#CCOc1ccc(S(=O)(=O)N2CCCC(C)(O)C2C(=O)NO)cc1. The molecule has 142 valence electrons. The molecule has 1 aromatic rings. The number of carbonyl (C=O) groups excluding carboxylic acids is 1. The van der Waals surface area contributed by atoms with Crippen molar-refractivity contribution < 1.29 is 28.3 Å². The summed E-state index contributed by atoms with van der Waals surface area (Å²) in [6.07, 6.45) is 0.626. The molecule has 0 radical (unpaired) electrons. The number of amides is 1. The summed E-state index contributed by atoms with van der Waals surface area (Å²) in [4.78, 5) is 12.0. The van der Waals surface area contributed by atoms with Gasteiger partial charge in [0.15, 0.2) is 0 Å². The van der Waals surface area contributed by atoms with Gasteiger partial charge in [-0.2, -0.15) is 4.31 Å². The molecule has 2 atom stereocenters. The lowest BCUT2D eigenvalue weighted by atomic mass is 9.87. The average molecular weight is 382 g/mol. The van der Waals surface area contributed by atoms with Gasteiger partial charge in [-0.05, 0) is 51.0 Å². The Balaban J connectivity index is 2.31. The summed E-state index contributed by atoms with van der Waals surface area (Å²) < 4.78 is 32.2. The van der Waals surface area contributed by atoms with Crippen molar-refractivity contribution in [2.75, 3.05) is 13.2 Å². The Bertz CT molecular complexity index is 808. The molecule has 1 aliphatic heterocycles. The lowest BCUT2D eigenvalue weighted by molar-refractivity contribution is -0.144. The molecule has 0 aromatic heterocycles. The molecule has 3 N–H and O–H groups in total. The van der Waals surface area contributed by atoms with E-state index >= 15 is 0 Å². The van der Waals surface area contributed by atoms with Crippen LogP contribution in [-0.2, 0) is 14.8 Å². The number of rotatable bonds is 5. The van der Waals surface area contributed by atoms with Crippen molar-refractivity contribution in [3.63, 3.8) is 0 Å². The van der Waals surface area contributed by atoms with E-state index in [1.807, 2.05) is 0 Å². The van der Waals surface area contributed by atoms with Crippen LogP contribution in [0.2, 0.25) is 0 Å². The van der Waals surface area contributed by atoms with Crippen LogP contribution in [0.25, 0.3) is 0 Å². The molecule has 1 aliphatic rings. The number of piperidine rings is 1. The van der Waals surface area contributed by atoms with Crippen molar-refractivity contribution >= 4 is 15.9 Å². The molecule has 1 heterocycles. The number of sulfonamides is 1. The van der Waals surface area contributed by atoms with Gasteiger partial charge in [-0.1, -0.05) is 5.92 Å². The zero-order valence-corrected chi connectivity index (χ0v) is 15.4. The topological polar surface area (TPSA) is 116 Å². The van der Waals surface area contributed by atoms with E-state index < -0.39 is 27.6 Å². The zero-order chi connectivity index (χ0) is 19.4. The number of hydrogen-bond donors (Lipinski definition) is 3. The molecule has 1 amide bonds. The molecule has 26 heavy (non-hydrogen) atoms. The van der Waals surface area contributed by atoms with Gasteiger partial charge in [-0.25, -0.2) is 13.9 Å². The third-order valence-electron chi connectivity index (χ3n) is 4.22. The van der Waals surface area contributed by atoms with Crippen LogP contribution in [0.1, 0.15) is 26.7 Å². The van der Waals surface area contributed by atoms with Crippen molar-refractivity contribution in [1.82, 2.24) is 9.79 Å². The summed E-state index contributed by atoms with van der Waals surface area (Å²) in [5.41, 5.74) is -0.153. The van der Waals surface area contributed by atoms with E-state index in [4.69, 9.17) is 9.94 Å². The number of hydrogen-bond acceptors (Lipinski definition) is 6. The highest BCUT2D eigenvalue weighted by molar-refractivity contribution is 7.89. The molecule has 0 saturated carbocycles. The largest absolute Gasteiger partial charge is 0.481 e. The van der Waals surface area contributed by atoms with Gasteiger partial charge >= 0.3 is 0 Å². The zero-order valence-electron chi connectivity index (χ0n) is 14.6. The Morgan fingerprint density at radius 2 is 2.08 bits per heavy atom. The first-order valence-electron chi connectivity index (χ1n) is 8.04. The fourth-order valence-electron chi connectivity index (χ4n) is 2.94. The number of carbonyl (C=O) groups is 1. The Labute approximate surface area is 152 Å². The van der Waals surface area contributed by atoms with Gasteiger partial charge in [0.25, 0.3) is 5.91 Å². The molecule has 1 aromatic carbocycles. The molecule has 0 spiro atoms. The highest BCUT2D eigenvalue weighted by Crippen LogP contribution is 2.32. The van der Waals surface area contributed by atoms with Crippen LogP contribution in [0.15, 0.2) is 29.2 Å². The molecular weight excluding hydrogens is 360 g/mol. The van der Waals surface area contributed by atoms with Gasteiger partial charge in [-0.3, -0.25) is 10.0 Å². The molecule has 8 nitrogen and oxygen atoms in total. The third-order valence-corrected chi connectivity index (χ3v) is 6.09. The van der Waals surface area contributed by atoms with Crippen LogP contribution < -0.4 is 10.2 Å². The molecular formula is C17H22N2O6S. The predicted octanol–water partition coefficient (Wildman–Crippen LogP) is 0.498. The maximum absolute atomic E-state index is 13.0. The highest BCUT2D eigenvalue weighted by Gasteiger charge is 2.49. The van der Waals surface area contributed by atoms with Crippen LogP contribution in [0, 0.1) is 11.8 Å². The Kier molecular flexibility index (Phi) is 6.26. The van der Waals surface area contributed by atoms with Crippen molar-refractivity contribution in [3.8, 4) is 17.6 Å². The quantitative estimate of drug-likeness (QED) is 0.388. The minimum Gasteiger partial charge on any atom is -0.481 e. The van der Waals surface area contributed by atoms with Gasteiger partial charge in [-0.15, -0.1) is 5.92 Å². The standard InChI is InChI=1S/C17H22N2O6S/c1-3-4-12-25-13-6-8-14(9-7-13)26(23,24)19-11-5-10-17(2,21)15(19)16(20)18-22/h6-9,15,21-22H,5,10-12H2,1-2H3,(H,18,20). The Morgan fingerprint density at radius 1 is 1.42 bits per heavy atom. The monoisotopic (exact) mass is 382 g/mol. The van der Waals surface area contributed by atoms with Crippen LogP contribution in [0.3, 0.4) is 0 Å². The van der Waals surface area contributed by atoms with E-state index in [1.165, 1.54) is 36.7 Å². The van der Waals surface area contributed by atoms with Crippen LogP contribution in [0.5, 0.6) is 5.75 Å². The first kappa shape index (κ1) is 20.2. The Morgan fingerprint density at radius 3 is 2.65 bits per heavy atom. The number of ether oxygens (including phenoxy) is 1. The molecule has 0 bridgehead atoms. The van der Waals surface area contributed by atoms with Crippen molar-refractivity contribution in [2.45, 2.75) is 43.2 Å². The lowest BCUT2D eigenvalue weighted by Gasteiger charge is -2.42. The van der Waals surface area contributed by atoms with Crippen molar-refractivity contribution in [1.29, 1.82) is 0 Å². The first-order valence-corrected chi connectivity index (χ1v) is 9.48. The van der Waals surface area contributed by atoms with Crippen LogP contribution in [0.4, 0.5) is 0 Å². The number of nitrogens with one attached hydrogen (secondary N) is 1. The Hall–Kier alpha value is -2.12. The highest BCUT2D eigenvalue weighted by atomic mass is 32.2. The second kappa shape index (κ2) is 8.05. The maximum atomic E-state index is 13.0. The normalized spacial score (nSPS) is 23.6. The predicted molar refractivity (Wildman–Crippen MR) is 92.9 cm³/mol. The number of aliphatic hydroxyl groups is 1. The second-order valence-electron chi connectivity index (χ2n) is 6.14. The minimum absolute atomic E-state index is 0.0418. The van der Waals surface area contributed by atoms with E-state index in [2.05, 4.69) is 11.8 Å². The molecule has 1 saturated heterocycles. The van der Waals surface area contributed by atoms with E-state index in [0.717, 1.165) is 4.31 Å². The summed E-state index contributed by atoms with van der Waals surface area (Å²) in [7, 11) is -4.06. The number of nitrogens with zero attached hydrogens (tertiary/aromatic N) is 1. The molecule has 9 heteroatoms. The summed E-state index contributed by atoms with van der Waals surface area (Å²) in [6, 6.07) is 4.28. The van der Waals surface area contributed by atoms with E-state index in [1.54, 1.807) is 6.92 Å². The minimum atomic E-state index is -4.06. The fraction of sp³-hybridized carbons (Fsp3) is 0.471. The summed E-state index contributed by atoms with van der Waals surface area (Å²) in [5.74, 6) is 4.90. The van der Waals surface area contributed by atoms with Gasteiger partial charge in [0.2, 0.25) is 10.0 Å². The molecule has 0 aliphatic carbocycles. The molecule has 1 fully saturated rings. The van der Waals surface area contributed by atoms with E-state index in [-0.39, 0.29) is 24.5 Å². The van der Waals surface area contributed by atoms with Crippen LogP contribution >= 0.6 is 0 Å². The maximum Gasteiger partial charge on any atom is 0.264 e. The smallest absolute Gasteiger partial charge is 0.264 e.